The van der Waals surface area contributed by atoms with E-state index in [0.29, 0.717) is 0 Å². The monoisotopic (exact) mass is 419 g/mol. The molecule has 0 aromatic carbocycles. The van der Waals surface area contributed by atoms with Crippen molar-refractivity contribution < 1.29 is 24.0 Å². The number of halogens is 1. The molecular weight excluding hydrogens is 406 g/mol. The van der Waals surface area contributed by atoms with E-state index in [1.807, 2.05) is 0 Å². The number of thioether (sulfide) groups is 1. The van der Waals surface area contributed by atoms with Crippen LogP contribution in [0, 0.1) is 0 Å². The van der Waals surface area contributed by atoms with Crippen molar-refractivity contribution in [2.75, 3.05) is 18.3 Å². The van der Waals surface area contributed by atoms with Crippen LogP contribution >= 0.6 is 34.7 Å². The Morgan fingerprint density at radius 1 is 1.50 bits per heavy atom. The topological polar surface area (TPSA) is 139 Å². The third kappa shape index (κ3) is 4.93. The molecule has 13 heteroatoms. The lowest BCUT2D eigenvalue weighted by Gasteiger charge is -2.35. The first-order valence-electron chi connectivity index (χ1n) is 7.07. The van der Waals surface area contributed by atoms with E-state index in [9.17, 15) is 19.2 Å². The fourth-order valence-electron chi connectivity index (χ4n) is 1.87. The Morgan fingerprint density at radius 2 is 2.23 bits per heavy atom. The van der Waals surface area contributed by atoms with E-state index in [-0.39, 0.29) is 27.5 Å². The maximum atomic E-state index is 12.5. The van der Waals surface area contributed by atoms with Crippen LogP contribution in [0.1, 0.15) is 12.6 Å². The van der Waals surface area contributed by atoms with Crippen LogP contribution < -0.4 is 16.0 Å². The summed E-state index contributed by atoms with van der Waals surface area (Å²) < 4.78 is 0. The van der Waals surface area contributed by atoms with Gasteiger partial charge in [0.05, 0.1) is 0 Å². The van der Waals surface area contributed by atoms with Crippen molar-refractivity contribution in [1.29, 1.82) is 0 Å². The van der Waals surface area contributed by atoms with Crippen molar-refractivity contribution in [2.24, 2.45) is 5.16 Å². The van der Waals surface area contributed by atoms with Crippen LogP contribution in [0.2, 0.25) is 0 Å². The van der Waals surface area contributed by atoms with E-state index in [0.717, 1.165) is 23.1 Å². The molecule has 2 rings (SSSR count). The first-order valence-corrected chi connectivity index (χ1v) is 9.36. The van der Waals surface area contributed by atoms with Crippen LogP contribution in [-0.2, 0) is 24.0 Å². The number of alkyl halides is 1. The highest BCUT2D eigenvalue weighted by atomic mass is 35.5. The first-order chi connectivity index (χ1) is 12.3. The van der Waals surface area contributed by atoms with Crippen molar-refractivity contribution in [2.45, 2.75) is 18.3 Å². The summed E-state index contributed by atoms with van der Waals surface area (Å²) in [5.74, 6) is -1.80. The number of rotatable bonds is 7. The minimum absolute atomic E-state index is 0.148. The standard InChI is InChI=1S/C13H14ClN5O5S2/c1-5(20)26-12-9(11(23)18-12)17-10(22)8(19-24-2)6-4-25-13(15-6)16-7(21)3-14/h4,9,12H,3H2,1-2H3,(H,17,22)(H,18,23)(H,15,16,21)/b19-8-/t9-,12+/m1/s1. The van der Waals surface area contributed by atoms with Gasteiger partial charge < -0.3 is 20.8 Å². The lowest BCUT2D eigenvalue weighted by atomic mass is 10.1. The van der Waals surface area contributed by atoms with Gasteiger partial charge >= 0.3 is 0 Å². The molecule has 1 aliphatic rings. The number of carbonyl (C=O) groups is 4. The van der Waals surface area contributed by atoms with E-state index in [2.05, 4.69) is 30.9 Å². The molecule has 2 heterocycles. The molecule has 1 fully saturated rings. The summed E-state index contributed by atoms with van der Waals surface area (Å²) >= 11 is 7.37. The van der Waals surface area contributed by atoms with E-state index in [4.69, 9.17) is 11.6 Å². The highest BCUT2D eigenvalue weighted by molar-refractivity contribution is 8.14. The highest BCUT2D eigenvalue weighted by Crippen LogP contribution is 2.21. The second kappa shape index (κ2) is 8.96. The summed E-state index contributed by atoms with van der Waals surface area (Å²) in [4.78, 5) is 55.3. The number of hydrogen-bond acceptors (Lipinski definition) is 9. The van der Waals surface area contributed by atoms with Crippen molar-refractivity contribution >= 4 is 68.4 Å². The molecule has 3 N–H and O–H groups in total. The van der Waals surface area contributed by atoms with Gasteiger partial charge in [-0.1, -0.05) is 16.9 Å². The van der Waals surface area contributed by atoms with Gasteiger partial charge in [0, 0.05) is 12.3 Å². The van der Waals surface area contributed by atoms with Gasteiger partial charge in [0.25, 0.3) is 5.91 Å². The fraction of sp³-hybridized carbons (Fsp3) is 0.385. The van der Waals surface area contributed by atoms with Gasteiger partial charge in [-0.25, -0.2) is 4.98 Å². The van der Waals surface area contributed by atoms with E-state index in [1.165, 1.54) is 19.4 Å². The average molecular weight is 420 g/mol. The van der Waals surface area contributed by atoms with Gasteiger partial charge in [0.2, 0.25) is 11.8 Å². The molecule has 0 spiro atoms. The lowest BCUT2D eigenvalue weighted by Crippen LogP contribution is -2.68. The maximum absolute atomic E-state index is 12.5. The molecule has 1 aromatic heterocycles. The van der Waals surface area contributed by atoms with Crippen LogP contribution in [0.5, 0.6) is 0 Å². The Bertz CT molecular complexity index is 768. The van der Waals surface area contributed by atoms with E-state index in [1.54, 1.807) is 0 Å². The van der Waals surface area contributed by atoms with Gasteiger partial charge in [0.1, 0.15) is 30.1 Å². The van der Waals surface area contributed by atoms with Crippen LogP contribution in [-0.4, -0.2) is 57.9 Å². The molecule has 2 atom stereocenters. The Hall–Kier alpha value is -2.18. The maximum Gasteiger partial charge on any atom is 0.276 e. The zero-order chi connectivity index (χ0) is 19.3. The number of amides is 3. The zero-order valence-electron chi connectivity index (χ0n) is 13.6. The molecule has 0 unspecified atom stereocenters. The minimum Gasteiger partial charge on any atom is -0.398 e. The Morgan fingerprint density at radius 3 is 2.81 bits per heavy atom. The molecule has 140 valence electrons. The zero-order valence-corrected chi connectivity index (χ0v) is 16.0. The Labute approximate surface area is 161 Å². The predicted molar refractivity (Wildman–Crippen MR) is 97.1 cm³/mol. The first kappa shape index (κ1) is 20.1. The molecule has 0 aliphatic carbocycles. The normalized spacial score (nSPS) is 19.2. The van der Waals surface area contributed by atoms with E-state index >= 15 is 0 Å². The molecule has 26 heavy (non-hydrogen) atoms. The van der Waals surface area contributed by atoms with Crippen LogP contribution in [0.15, 0.2) is 10.5 Å². The van der Waals surface area contributed by atoms with Crippen LogP contribution in [0.25, 0.3) is 0 Å². The van der Waals surface area contributed by atoms with Crippen molar-refractivity contribution in [1.82, 2.24) is 15.6 Å². The summed E-state index contributed by atoms with van der Waals surface area (Å²) in [6.07, 6.45) is 0. The Balaban J connectivity index is 2.10. The third-order valence-corrected chi connectivity index (χ3v) is 4.94. The average Bonchev–Trinajstić information content (AvgIpc) is 3.04. The molecule has 10 nitrogen and oxygen atoms in total. The van der Waals surface area contributed by atoms with E-state index < -0.39 is 29.1 Å². The highest BCUT2D eigenvalue weighted by Gasteiger charge is 2.42. The Kier molecular flexibility index (Phi) is 6.94. The van der Waals surface area contributed by atoms with Crippen LogP contribution in [0.3, 0.4) is 0 Å². The number of nitrogens with one attached hydrogen (secondary N) is 3. The SMILES string of the molecule is CO/N=C(\C(=O)N[C@@H]1C(=O)N[C@H]1SC(C)=O)c1csc(NC(=O)CCl)n1. The molecule has 1 saturated heterocycles. The number of carbonyl (C=O) groups excluding carboxylic acids is 4. The summed E-state index contributed by atoms with van der Waals surface area (Å²) in [5.41, 5.74) is -0.0314. The summed E-state index contributed by atoms with van der Waals surface area (Å²) in [5, 5.41) is 12.1. The molecular formula is C13H14ClN5O5S2. The minimum atomic E-state index is -0.882. The molecule has 1 aromatic rings. The van der Waals surface area contributed by atoms with Gasteiger partial charge in [-0.2, -0.15) is 0 Å². The van der Waals surface area contributed by atoms with Gasteiger partial charge in [0.15, 0.2) is 16.0 Å². The quantitative estimate of drug-likeness (QED) is 0.242. The second-order valence-electron chi connectivity index (χ2n) is 4.83. The summed E-state index contributed by atoms with van der Waals surface area (Å²) in [6.45, 7) is 1.36. The van der Waals surface area contributed by atoms with Gasteiger partial charge in [-0.15, -0.1) is 22.9 Å². The van der Waals surface area contributed by atoms with Gasteiger partial charge in [-0.3, -0.25) is 19.2 Å². The third-order valence-electron chi connectivity index (χ3n) is 2.96. The number of β-lactam (4-membered cyclic amide) rings is 1. The van der Waals surface area contributed by atoms with Crippen LogP contribution in [0.4, 0.5) is 5.13 Å². The second-order valence-corrected chi connectivity index (χ2v) is 7.28. The molecule has 0 bridgehead atoms. The number of thiazole rings is 1. The number of anilines is 1. The van der Waals surface area contributed by atoms with Crippen molar-refractivity contribution in [3.63, 3.8) is 0 Å². The number of aromatic nitrogens is 1. The fourth-order valence-corrected chi connectivity index (χ4v) is 3.51. The molecule has 0 saturated carbocycles. The smallest absolute Gasteiger partial charge is 0.276 e. The predicted octanol–water partition coefficient (Wildman–Crippen LogP) is -0.109. The number of oxime groups is 1. The summed E-state index contributed by atoms with van der Waals surface area (Å²) in [6, 6.07) is -0.882. The van der Waals surface area contributed by atoms with Crippen molar-refractivity contribution in [3.8, 4) is 0 Å². The largest absolute Gasteiger partial charge is 0.398 e. The summed E-state index contributed by atoms with van der Waals surface area (Å²) in [7, 11) is 1.25. The van der Waals surface area contributed by atoms with Crippen molar-refractivity contribution in [3.05, 3.63) is 11.1 Å². The lowest BCUT2D eigenvalue weighted by molar-refractivity contribution is -0.132. The number of nitrogens with zero attached hydrogens (tertiary/aromatic N) is 2. The molecule has 3 amide bonds. The molecule has 0 radical (unpaired) electrons. The van der Waals surface area contributed by atoms with Gasteiger partial charge in [-0.05, 0) is 0 Å². The number of hydrogen-bond donors (Lipinski definition) is 3. The molecule has 1 aliphatic heterocycles.